The molecule has 1 aliphatic rings. The van der Waals surface area contributed by atoms with E-state index >= 15 is 0 Å². The molecule has 1 aliphatic carbocycles. The minimum absolute atomic E-state index is 0.0326. The van der Waals surface area contributed by atoms with Crippen molar-refractivity contribution in [2.45, 2.75) is 91.1 Å². The van der Waals surface area contributed by atoms with Gasteiger partial charge in [-0.3, -0.25) is 4.98 Å². The highest BCUT2D eigenvalue weighted by Crippen LogP contribution is 2.42. The van der Waals surface area contributed by atoms with Gasteiger partial charge in [-0.2, -0.15) is 0 Å². The third-order valence-corrected chi connectivity index (χ3v) is 8.39. The Morgan fingerprint density at radius 3 is 1.95 bits per heavy atom. The lowest BCUT2D eigenvalue weighted by Gasteiger charge is -2.45. The second-order valence-electron chi connectivity index (χ2n) is 7.61. The maximum atomic E-state index is 6.47. The SMILES string of the molecule is CCCO[Si](NC(C)(C)C)(OCCC)C1CCCCC1C. The second kappa shape index (κ2) is 8.66. The Labute approximate surface area is 133 Å². The molecule has 0 saturated heterocycles. The molecular formula is C17H37NO2Si. The summed E-state index contributed by atoms with van der Waals surface area (Å²) in [5.41, 5.74) is 0.605. The molecule has 0 radical (unpaired) electrons. The van der Waals surface area contributed by atoms with Gasteiger partial charge in [0, 0.05) is 24.3 Å². The Kier molecular flexibility index (Phi) is 7.89. The van der Waals surface area contributed by atoms with Crippen molar-refractivity contribution in [2.75, 3.05) is 13.2 Å². The van der Waals surface area contributed by atoms with E-state index in [-0.39, 0.29) is 5.54 Å². The van der Waals surface area contributed by atoms with Crippen LogP contribution in [0.3, 0.4) is 0 Å². The van der Waals surface area contributed by atoms with E-state index in [0.29, 0.717) is 11.5 Å². The summed E-state index contributed by atoms with van der Waals surface area (Å²) >= 11 is 0. The average molecular weight is 316 g/mol. The van der Waals surface area contributed by atoms with Crippen molar-refractivity contribution >= 4 is 8.72 Å². The van der Waals surface area contributed by atoms with Crippen LogP contribution in [-0.4, -0.2) is 27.5 Å². The predicted octanol–water partition coefficient (Wildman–Crippen LogP) is 4.75. The number of hydrogen-bond donors (Lipinski definition) is 1. The monoisotopic (exact) mass is 315 g/mol. The fourth-order valence-electron chi connectivity index (χ4n) is 3.33. The average Bonchev–Trinajstić information content (AvgIpc) is 2.41. The molecule has 2 atom stereocenters. The van der Waals surface area contributed by atoms with Crippen LogP contribution in [0.1, 0.15) is 80.1 Å². The van der Waals surface area contributed by atoms with Gasteiger partial charge in [0.05, 0.1) is 0 Å². The molecule has 1 saturated carbocycles. The number of rotatable bonds is 8. The van der Waals surface area contributed by atoms with Gasteiger partial charge in [0.1, 0.15) is 0 Å². The zero-order valence-electron chi connectivity index (χ0n) is 15.1. The molecule has 0 aromatic carbocycles. The first-order valence-corrected chi connectivity index (χ1v) is 10.8. The van der Waals surface area contributed by atoms with Crippen LogP contribution in [-0.2, 0) is 8.85 Å². The maximum Gasteiger partial charge on any atom is 0.428 e. The lowest BCUT2D eigenvalue weighted by Crippen LogP contribution is -2.66. The molecule has 4 heteroatoms. The van der Waals surface area contributed by atoms with Crippen molar-refractivity contribution in [2.24, 2.45) is 5.92 Å². The van der Waals surface area contributed by atoms with E-state index in [0.717, 1.165) is 26.1 Å². The van der Waals surface area contributed by atoms with Gasteiger partial charge in [-0.05, 0) is 46.0 Å². The Morgan fingerprint density at radius 1 is 1.00 bits per heavy atom. The maximum absolute atomic E-state index is 6.47. The smallest absolute Gasteiger partial charge is 0.383 e. The Balaban J connectivity index is 3.00. The lowest BCUT2D eigenvalue weighted by molar-refractivity contribution is 0.121. The Hall–Kier alpha value is 0.0969. The largest absolute Gasteiger partial charge is 0.428 e. The van der Waals surface area contributed by atoms with Crippen LogP contribution >= 0.6 is 0 Å². The summed E-state index contributed by atoms with van der Waals surface area (Å²) in [5, 5.41) is 0. The summed E-state index contributed by atoms with van der Waals surface area (Å²) in [7, 11) is -2.39. The summed E-state index contributed by atoms with van der Waals surface area (Å²) < 4.78 is 12.9. The highest BCUT2D eigenvalue weighted by Gasteiger charge is 2.51. The molecule has 3 nitrogen and oxygen atoms in total. The van der Waals surface area contributed by atoms with Crippen LogP contribution in [0.25, 0.3) is 0 Å². The highest BCUT2D eigenvalue weighted by atomic mass is 28.4. The summed E-state index contributed by atoms with van der Waals surface area (Å²) in [5.74, 6) is 0.703. The van der Waals surface area contributed by atoms with Gasteiger partial charge in [-0.25, -0.2) is 0 Å². The van der Waals surface area contributed by atoms with Crippen molar-refractivity contribution in [3.63, 3.8) is 0 Å². The van der Waals surface area contributed by atoms with Crippen LogP contribution in [0, 0.1) is 5.92 Å². The van der Waals surface area contributed by atoms with Crippen LogP contribution in [0.4, 0.5) is 0 Å². The van der Waals surface area contributed by atoms with Crippen molar-refractivity contribution in [3.05, 3.63) is 0 Å². The Morgan fingerprint density at radius 2 is 1.52 bits per heavy atom. The van der Waals surface area contributed by atoms with E-state index in [1.165, 1.54) is 25.7 Å². The predicted molar refractivity (Wildman–Crippen MR) is 92.5 cm³/mol. The van der Waals surface area contributed by atoms with E-state index < -0.39 is 8.72 Å². The van der Waals surface area contributed by atoms with Crippen LogP contribution in [0.15, 0.2) is 0 Å². The first-order chi connectivity index (χ1) is 9.84. The second-order valence-corrected chi connectivity index (χ2v) is 10.5. The minimum atomic E-state index is -2.39. The first-order valence-electron chi connectivity index (χ1n) is 8.92. The molecule has 0 aliphatic heterocycles. The zero-order chi connectivity index (χ0) is 15.9. The quantitative estimate of drug-likeness (QED) is 0.656. The number of hydrogen-bond acceptors (Lipinski definition) is 3. The molecule has 0 bridgehead atoms. The van der Waals surface area contributed by atoms with Gasteiger partial charge in [-0.1, -0.05) is 40.0 Å². The van der Waals surface area contributed by atoms with Gasteiger partial charge in [0.2, 0.25) is 0 Å². The normalized spacial score (nSPS) is 24.3. The topological polar surface area (TPSA) is 30.5 Å². The minimum Gasteiger partial charge on any atom is -0.383 e. The third kappa shape index (κ3) is 6.01. The summed E-state index contributed by atoms with van der Waals surface area (Å²) in [6, 6.07) is 0. The molecule has 0 aromatic heterocycles. The fraction of sp³-hybridized carbons (Fsp3) is 1.00. The van der Waals surface area contributed by atoms with Crippen LogP contribution in [0.5, 0.6) is 0 Å². The van der Waals surface area contributed by atoms with Gasteiger partial charge in [-0.15, -0.1) is 0 Å². The Bertz CT molecular complexity index is 283. The molecule has 2 unspecified atom stereocenters. The third-order valence-electron chi connectivity index (χ3n) is 4.19. The van der Waals surface area contributed by atoms with E-state index in [2.05, 4.69) is 46.5 Å². The summed E-state index contributed by atoms with van der Waals surface area (Å²) in [6.07, 6.45) is 7.36. The highest BCUT2D eigenvalue weighted by molar-refractivity contribution is 6.66. The molecule has 1 fully saturated rings. The first kappa shape index (κ1) is 19.1. The lowest BCUT2D eigenvalue weighted by atomic mass is 9.90. The van der Waals surface area contributed by atoms with Gasteiger partial charge in [0.25, 0.3) is 0 Å². The van der Waals surface area contributed by atoms with Crippen LogP contribution < -0.4 is 4.98 Å². The summed E-state index contributed by atoms with van der Waals surface area (Å²) in [6.45, 7) is 15.1. The molecular weight excluding hydrogens is 278 g/mol. The standard InChI is InChI=1S/C17H37NO2Si/c1-7-13-19-21(20-14-8-2,18-17(4,5)6)16-12-10-9-11-15(16)3/h15-16,18H,7-14H2,1-6H3. The molecule has 0 heterocycles. The molecule has 0 aromatic rings. The number of nitrogens with one attached hydrogen (secondary N) is 1. The molecule has 21 heavy (non-hydrogen) atoms. The fourth-order valence-corrected chi connectivity index (χ4v) is 7.73. The van der Waals surface area contributed by atoms with Gasteiger partial charge in [0.15, 0.2) is 0 Å². The van der Waals surface area contributed by atoms with E-state index in [4.69, 9.17) is 8.85 Å². The van der Waals surface area contributed by atoms with E-state index in [9.17, 15) is 0 Å². The molecule has 0 amide bonds. The summed E-state index contributed by atoms with van der Waals surface area (Å²) in [4.78, 5) is 3.83. The molecule has 0 spiro atoms. The molecule has 1 rings (SSSR count). The van der Waals surface area contributed by atoms with Crippen LogP contribution in [0.2, 0.25) is 5.54 Å². The molecule has 126 valence electrons. The van der Waals surface area contributed by atoms with Crippen molar-refractivity contribution in [1.29, 1.82) is 0 Å². The van der Waals surface area contributed by atoms with Crippen molar-refractivity contribution < 1.29 is 8.85 Å². The van der Waals surface area contributed by atoms with Gasteiger partial charge >= 0.3 is 8.72 Å². The van der Waals surface area contributed by atoms with Gasteiger partial charge < -0.3 is 8.85 Å². The molecule has 1 N–H and O–H groups in total. The van der Waals surface area contributed by atoms with Crippen molar-refractivity contribution in [3.8, 4) is 0 Å². The van der Waals surface area contributed by atoms with E-state index in [1.54, 1.807) is 0 Å². The van der Waals surface area contributed by atoms with Crippen molar-refractivity contribution in [1.82, 2.24) is 4.98 Å². The zero-order valence-corrected chi connectivity index (χ0v) is 16.1. The van der Waals surface area contributed by atoms with E-state index in [1.807, 2.05) is 0 Å².